The van der Waals surface area contributed by atoms with Crippen LogP contribution in [0.25, 0.3) is 0 Å². The van der Waals surface area contributed by atoms with E-state index in [4.69, 9.17) is 10.00 Å². The van der Waals surface area contributed by atoms with Crippen LogP contribution in [0.1, 0.15) is 18.1 Å². The molecule has 0 saturated carbocycles. The van der Waals surface area contributed by atoms with Crippen LogP contribution in [0, 0.1) is 11.3 Å². The van der Waals surface area contributed by atoms with Gasteiger partial charge in [0.2, 0.25) is 0 Å². The summed E-state index contributed by atoms with van der Waals surface area (Å²) in [6, 6.07) is 16.6. The monoisotopic (exact) mass is 331 g/mol. The topological polar surface area (TPSA) is 53.2 Å². The number of ether oxygens (including phenoxy) is 1. The van der Waals surface area contributed by atoms with Crippen molar-refractivity contribution in [1.29, 1.82) is 5.26 Å². The Balaban J connectivity index is 2.15. The van der Waals surface area contributed by atoms with E-state index in [9.17, 15) is 5.11 Å². The molecule has 1 atom stereocenters. The zero-order valence-electron chi connectivity index (χ0n) is 11.0. The number of rotatable bonds is 4. The highest BCUT2D eigenvalue weighted by Gasteiger charge is 2.24. The fourth-order valence-corrected chi connectivity index (χ4v) is 2.18. The van der Waals surface area contributed by atoms with Crippen molar-refractivity contribution in [2.24, 2.45) is 0 Å². The van der Waals surface area contributed by atoms with E-state index in [-0.39, 0.29) is 6.61 Å². The fraction of sp³-hybridized carbons (Fsp3) is 0.188. The SMILES string of the molecule is CC(O)(COc1ccc(Br)cc1C#N)c1ccccc1. The molecule has 2 rings (SSSR count). The molecule has 3 nitrogen and oxygen atoms in total. The maximum absolute atomic E-state index is 10.4. The van der Waals surface area contributed by atoms with Gasteiger partial charge in [-0.2, -0.15) is 5.26 Å². The second kappa shape index (κ2) is 6.08. The Labute approximate surface area is 126 Å². The number of benzene rings is 2. The van der Waals surface area contributed by atoms with E-state index < -0.39 is 5.60 Å². The van der Waals surface area contributed by atoms with Gasteiger partial charge >= 0.3 is 0 Å². The molecule has 4 heteroatoms. The molecular weight excluding hydrogens is 318 g/mol. The lowest BCUT2D eigenvalue weighted by molar-refractivity contribution is 0.00751. The highest BCUT2D eigenvalue weighted by Crippen LogP contribution is 2.26. The zero-order valence-corrected chi connectivity index (χ0v) is 12.6. The molecule has 2 aromatic rings. The molecule has 0 aromatic heterocycles. The van der Waals surface area contributed by atoms with Gasteiger partial charge in [0.15, 0.2) is 0 Å². The molecule has 0 amide bonds. The zero-order chi connectivity index (χ0) is 14.6. The molecule has 0 fully saturated rings. The first-order chi connectivity index (χ1) is 9.53. The van der Waals surface area contributed by atoms with Crippen LogP contribution in [0.15, 0.2) is 53.0 Å². The lowest BCUT2D eigenvalue weighted by atomic mass is 9.97. The predicted octanol–water partition coefficient (Wildman–Crippen LogP) is 3.61. The molecular formula is C16H14BrNO2. The van der Waals surface area contributed by atoms with E-state index in [0.717, 1.165) is 10.0 Å². The lowest BCUT2D eigenvalue weighted by Gasteiger charge is -2.24. The van der Waals surface area contributed by atoms with Gasteiger partial charge < -0.3 is 9.84 Å². The summed E-state index contributed by atoms with van der Waals surface area (Å²) in [6.07, 6.45) is 0. The minimum Gasteiger partial charge on any atom is -0.489 e. The summed E-state index contributed by atoms with van der Waals surface area (Å²) in [5, 5.41) is 19.5. The molecule has 0 aliphatic rings. The van der Waals surface area contributed by atoms with Crippen molar-refractivity contribution in [1.82, 2.24) is 0 Å². The van der Waals surface area contributed by atoms with Crippen LogP contribution in [-0.2, 0) is 5.60 Å². The summed E-state index contributed by atoms with van der Waals surface area (Å²) in [7, 11) is 0. The third kappa shape index (κ3) is 3.38. The smallest absolute Gasteiger partial charge is 0.137 e. The Morgan fingerprint density at radius 1 is 1.25 bits per heavy atom. The van der Waals surface area contributed by atoms with E-state index >= 15 is 0 Å². The highest BCUT2D eigenvalue weighted by atomic mass is 79.9. The van der Waals surface area contributed by atoms with Crippen LogP contribution in [0.2, 0.25) is 0 Å². The number of halogens is 1. The molecule has 102 valence electrons. The number of hydrogen-bond acceptors (Lipinski definition) is 3. The molecule has 0 saturated heterocycles. The van der Waals surface area contributed by atoms with E-state index in [1.165, 1.54) is 0 Å². The van der Waals surface area contributed by atoms with Gasteiger partial charge in [-0.1, -0.05) is 46.3 Å². The summed E-state index contributed by atoms with van der Waals surface area (Å²) >= 11 is 3.31. The van der Waals surface area contributed by atoms with Crippen LogP contribution >= 0.6 is 15.9 Å². The van der Waals surface area contributed by atoms with Gasteiger partial charge in [0.25, 0.3) is 0 Å². The van der Waals surface area contributed by atoms with Crippen LogP contribution in [0.3, 0.4) is 0 Å². The Bertz CT molecular complexity index is 633. The van der Waals surface area contributed by atoms with Crippen molar-refractivity contribution in [3.63, 3.8) is 0 Å². The van der Waals surface area contributed by atoms with Crippen molar-refractivity contribution in [2.45, 2.75) is 12.5 Å². The quantitative estimate of drug-likeness (QED) is 0.931. The van der Waals surface area contributed by atoms with E-state index in [2.05, 4.69) is 22.0 Å². The molecule has 0 aliphatic carbocycles. The Hall–Kier alpha value is -1.83. The molecule has 0 radical (unpaired) electrons. The molecule has 1 N–H and O–H groups in total. The van der Waals surface area contributed by atoms with Gasteiger partial charge in [0.05, 0.1) is 5.56 Å². The third-order valence-electron chi connectivity index (χ3n) is 2.97. The number of aliphatic hydroxyl groups is 1. The second-order valence-electron chi connectivity index (χ2n) is 4.68. The average Bonchev–Trinajstić information content (AvgIpc) is 2.46. The molecule has 0 aliphatic heterocycles. The van der Waals surface area contributed by atoms with Crippen LogP contribution < -0.4 is 4.74 Å². The van der Waals surface area contributed by atoms with Crippen molar-refractivity contribution < 1.29 is 9.84 Å². The van der Waals surface area contributed by atoms with Crippen LogP contribution in [-0.4, -0.2) is 11.7 Å². The maximum Gasteiger partial charge on any atom is 0.137 e. The van der Waals surface area contributed by atoms with Crippen LogP contribution in [0.5, 0.6) is 5.75 Å². The molecule has 2 aromatic carbocycles. The lowest BCUT2D eigenvalue weighted by Crippen LogP contribution is -2.29. The van der Waals surface area contributed by atoms with Gasteiger partial charge in [0.1, 0.15) is 24.0 Å². The van der Waals surface area contributed by atoms with Crippen molar-refractivity contribution >= 4 is 15.9 Å². The Morgan fingerprint density at radius 3 is 2.60 bits per heavy atom. The summed E-state index contributed by atoms with van der Waals surface area (Å²) in [6.45, 7) is 1.76. The highest BCUT2D eigenvalue weighted by molar-refractivity contribution is 9.10. The molecule has 1 unspecified atom stereocenters. The summed E-state index contributed by atoms with van der Waals surface area (Å²) in [4.78, 5) is 0. The summed E-state index contributed by atoms with van der Waals surface area (Å²) in [5.74, 6) is 0.465. The van der Waals surface area contributed by atoms with Gasteiger partial charge in [-0.05, 0) is 30.7 Å². The van der Waals surface area contributed by atoms with E-state index in [1.54, 1.807) is 25.1 Å². The average molecular weight is 332 g/mol. The maximum atomic E-state index is 10.4. The van der Waals surface area contributed by atoms with Crippen molar-refractivity contribution in [3.8, 4) is 11.8 Å². The van der Waals surface area contributed by atoms with Gasteiger partial charge in [0, 0.05) is 4.47 Å². The second-order valence-corrected chi connectivity index (χ2v) is 5.60. The Kier molecular flexibility index (Phi) is 4.43. The number of hydrogen-bond donors (Lipinski definition) is 1. The van der Waals surface area contributed by atoms with Gasteiger partial charge in [-0.3, -0.25) is 0 Å². The largest absolute Gasteiger partial charge is 0.489 e. The molecule has 0 heterocycles. The van der Waals surface area contributed by atoms with Crippen molar-refractivity contribution in [3.05, 3.63) is 64.1 Å². The van der Waals surface area contributed by atoms with E-state index in [1.807, 2.05) is 30.3 Å². The molecule has 20 heavy (non-hydrogen) atoms. The normalized spacial score (nSPS) is 13.3. The first-order valence-electron chi connectivity index (χ1n) is 6.13. The van der Waals surface area contributed by atoms with Crippen molar-refractivity contribution in [2.75, 3.05) is 6.61 Å². The molecule has 0 bridgehead atoms. The number of nitrogens with zero attached hydrogens (tertiary/aromatic N) is 1. The minimum absolute atomic E-state index is 0.0767. The van der Waals surface area contributed by atoms with E-state index in [0.29, 0.717) is 11.3 Å². The first-order valence-corrected chi connectivity index (χ1v) is 6.92. The Morgan fingerprint density at radius 2 is 1.95 bits per heavy atom. The fourth-order valence-electron chi connectivity index (χ4n) is 1.81. The molecule has 0 spiro atoms. The standard InChI is InChI=1S/C16H14BrNO2/c1-16(19,13-5-3-2-4-6-13)11-20-15-8-7-14(17)9-12(15)10-18/h2-9,19H,11H2,1H3. The summed E-state index contributed by atoms with van der Waals surface area (Å²) < 4.78 is 6.42. The summed E-state index contributed by atoms with van der Waals surface area (Å²) in [5.41, 5.74) is 0.0972. The third-order valence-corrected chi connectivity index (χ3v) is 3.46. The van der Waals surface area contributed by atoms with Gasteiger partial charge in [-0.25, -0.2) is 0 Å². The van der Waals surface area contributed by atoms with Crippen LogP contribution in [0.4, 0.5) is 0 Å². The first kappa shape index (κ1) is 14.6. The minimum atomic E-state index is -1.11. The van der Waals surface area contributed by atoms with Gasteiger partial charge in [-0.15, -0.1) is 0 Å². The number of nitriles is 1. The predicted molar refractivity (Wildman–Crippen MR) is 80.4 cm³/mol.